The van der Waals surface area contributed by atoms with Gasteiger partial charge in [-0.1, -0.05) is 19.3 Å². The van der Waals surface area contributed by atoms with E-state index in [0.29, 0.717) is 37.8 Å². The zero-order valence-electron chi connectivity index (χ0n) is 15.3. The summed E-state index contributed by atoms with van der Waals surface area (Å²) in [5.74, 6) is 0.243. The summed E-state index contributed by atoms with van der Waals surface area (Å²) < 4.78 is 7.32. The molecule has 1 aromatic rings. The average Bonchev–Trinajstić information content (AvgIpc) is 3.09. The number of carbonyl (C=O) groups excluding carboxylic acids is 2. The number of nitrogens with one attached hydrogen (secondary N) is 1. The molecule has 0 aromatic carbocycles. The third kappa shape index (κ3) is 3.49. The Morgan fingerprint density at radius 3 is 2.54 bits per heavy atom. The van der Waals surface area contributed by atoms with Gasteiger partial charge in [0.1, 0.15) is 5.69 Å². The first kappa shape index (κ1) is 17.5. The Hall–Kier alpha value is -1.89. The van der Waals surface area contributed by atoms with Gasteiger partial charge in [0.2, 0.25) is 0 Å². The molecule has 26 heavy (non-hydrogen) atoms. The van der Waals surface area contributed by atoms with Gasteiger partial charge in [0.25, 0.3) is 11.8 Å². The number of amides is 2. The minimum absolute atomic E-state index is 0.0758. The SMILES string of the molecule is O=C(NC1CCCCC1)c1nc(C(=O)N2CCOCC2)n2c1CCCC2. The largest absolute Gasteiger partial charge is 0.378 e. The van der Waals surface area contributed by atoms with E-state index in [-0.39, 0.29) is 17.9 Å². The van der Waals surface area contributed by atoms with Crippen LogP contribution in [0.2, 0.25) is 0 Å². The lowest BCUT2D eigenvalue weighted by molar-refractivity contribution is 0.0291. The van der Waals surface area contributed by atoms with E-state index in [4.69, 9.17) is 4.74 Å². The van der Waals surface area contributed by atoms with Crippen LogP contribution in [-0.4, -0.2) is 58.6 Å². The topological polar surface area (TPSA) is 76.5 Å². The molecule has 142 valence electrons. The summed E-state index contributed by atoms with van der Waals surface area (Å²) in [6.07, 6.45) is 8.57. The Balaban J connectivity index is 1.57. The zero-order valence-corrected chi connectivity index (χ0v) is 15.3. The Morgan fingerprint density at radius 2 is 1.77 bits per heavy atom. The molecule has 0 atom stereocenters. The summed E-state index contributed by atoms with van der Waals surface area (Å²) in [6.45, 7) is 3.07. The highest BCUT2D eigenvalue weighted by molar-refractivity contribution is 5.97. The number of hydrogen-bond donors (Lipinski definition) is 1. The molecule has 1 saturated carbocycles. The third-order valence-electron chi connectivity index (χ3n) is 5.76. The molecule has 2 fully saturated rings. The molecule has 0 bridgehead atoms. The first-order valence-corrected chi connectivity index (χ1v) is 10.0. The van der Waals surface area contributed by atoms with Crippen LogP contribution in [0.5, 0.6) is 0 Å². The van der Waals surface area contributed by atoms with Crippen molar-refractivity contribution in [3.05, 3.63) is 17.2 Å². The van der Waals surface area contributed by atoms with Crippen molar-refractivity contribution in [1.29, 1.82) is 0 Å². The van der Waals surface area contributed by atoms with E-state index in [1.807, 2.05) is 4.57 Å². The smallest absolute Gasteiger partial charge is 0.290 e. The molecule has 3 heterocycles. The number of carbonyl (C=O) groups is 2. The van der Waals surface area contributed by atoms with E-state index in [2.05, 4.69) is 10.3 Å². The Labute approximate surface area is 154 Å². The highest BCUT2D eigenvalue weighted by Gasteiger charge is 2.31. The number of ether oxygens (including phenoxy) is 1. The molecule has 2 aliphatic heterocycles. The van der Waals surface area contributed by atoms with Gasteiger partial charge in [-0.3, -0.25) is 9.59 Å². The summed E-state index contributed by atoms with van der Waals surface area (Å²) >= 11 is 0. The standard InChI is InChI=1S/C19H28N4O3/c24-18(20-14-6-2-1-3-7-14)16-15-8-4-5-9-23(15)17(21-16)19(25)22-10-12-26-13-11-22/h14H,1-13H2,(H,20,24). The van der Waals surface area contributed by atoms with Crippen molar-refractivity contribution in [3.8, 4) is 0 Å². The van der Waals surface area contributed by atoms with E-state index < -0.39 is 0 Å². The molecule has 1 aromatic heterocycles. The third-order valence-corrected chi connectivity index (χ3v) is 5.76. The summed E-state index contributed by atoms with van der Waals surface area (Å²) in [5, 5.41) is 3.16. The minimum Gasteiger partial charge on any atom is -0.378 e. The molecule has 7 nitrogen and oxygen atoms in total. The highest BCUT2D eigenvalue weighted by atomic mass is 16.5. The molecule has 2 amide bonds. The molecule has 4 rings (SSSR count). The fourth-order valence-corrected chi connectivity index (χ4v) is 4.30. The summed E-state index contributed by atoms with van der Waals surface area (Å²) in [7, 11) is 0. The second-order valence-corrected chi connectivity index (χ2v) is 7.55. The summed E-state index contributed by atoms with van der Waals surface area (Å²) in [5.41, 5.74) is 1.40. The van der Waals surface area contributed by atoms with Crippen LogP contribution in [0.4, 0.5) is 0 Å². The van der Waals surface area contributed by atoms with E-state index in [9.17, 15) is 9.59 Å². The van der Waals surface area contributed by atoms with Crippen molar-refractivity contribution >= 4 is 11.8 Å². The normalized spacial score (nSPS) is 21.3. The highest BCUT2D eigenvalue weighted by Crippen LogP contribution is 2.23. The van der Waals surface area contributed by atoms with E-state index in [0.717, 1.165) is 44.3 Å². The van der Waals surface area contributed by atoms with Crippen molar-refractivity contribution in [2.45, 2.75) is 64.0 Å². The van der Waals surface area contributed by atoms with Crippen molar-refractivity contribution < 1.29 is 14.3 Å². The number of aromatic nitrogens is 2. The molecule has 1 aliphatic carbocycles. The zero-order chi connectivity index (χ0) is 17.9. The number of hydrogen-bond acceptors (Lipinski definition) is 4. The van der Waals surface area contributed by atoms with E-state index >= 15 is 0 Å². The fraction of sp³-hybridized carbons (Fsp3) is 0.737. The number of morpholine rings is 1. The van der Waals surface area contributed by atoms with Crippen LogP contribution in [0.3, 0.4) is 0 Å². The van der Waals surface area contributed by atoms with Gasteiger partial charge >= 0.3 is 0 Å². The van der Waals surface area contributed by atoms with Crippen LogP contribution in [0, 0.1) is 0 Å². The van der Waals surface area contributed by atoms with Crippen LogP contribution in [0.25, 0.3) is 0 Å². The number of nitrogens with zero attached hydrogens (tertiary/aromatic N) is 3. The Bertz CT molecular complexity index is 673. The van der Waals surface area contributed by atoms with Gasteiger partial charge in [0.05, 0.1) is 18.9 Å². The lowest BCUT2D eigenvalue weighted by atomic mass is 9.95. The maximum absolute atomic E-state index is 13.0. The first-order valence-electron chi connectivity index (χ1n) is 10.0. The Morgan fingerprint density at radius 1 is 1.00 bits per heavy atom. The summed E-state index contributed by atoms with van der Waals surface area (Å²) in [4.78, 5) is 32.2. The molecule has 3 aliphatic rings. The van der Waals surface area contributed by atoms with Gasteiger partial charge in [0, 0.05) is 25.7 Å². The van der Waals surface area contributed by atoms with Crippen LogP contribution in [0.1, 0.15) is 71.7 Å². The van der Waals surface area contributed by atoms with E-state index in [1.165, 1.54) is 19.3 Å². The predicted octanol–water partition coefficient (Wildman–Crippen LogP) is 1.75. The summed E-state index contributed by atoms with van der Waals surface area (Å²) in [6, 6.07) is 0.246. The van der Waals surface area contributed by atoms with Crippen LogP contribution in [0.15, 0.2) is 0 Å². The van der Waals surface area contributed by atoms with E-state index in [1.54, 1.807) is 4.90 Å². The molecule has 0 radical (unpaired) electrons. The molecule has 0 spiro atoms. The van der Waals surface area contributed by atoms with Crippen LogP contribution in [-0.2, 0) is 17.7 Å². The predicted molar refractivity (Wildman–Crippen MR) is 96.2 cm³/mol. The lowest BCUT2D eigenvalue weighted by Gasteiger charge is -2.27. The number of imidazole rings is 1. The maximum atomic E-state index is 13.0. The second-order valence-electron chi connectivity index (χ2n) is 7.55. The molecular weight excluding hydrogens is 332 g/mol. The second kappa shape index (κ2) is 7.78. The molecule has 1 saturated heterocycles. The molecule has 1 N–H and O–H groups in total. The molecule has 0 unspecified atom stereocenters. The van der Waals surface area contributed by atoms with Crippen molar-refractivity contribution in [2.24, 2.45) is 0 Å². The van der Waals surface area contributed by atoms with Gasteiger partial charge in [-0.05, 0) is 32.1 Å². The minimum atomic E-state index is -0.108. The van der Waals surface area contributed by atoms with Crippen molar-refractivity contribution in [1.82, 2.24) is 19.8 Å². The first-order chi connectivity index (χ1) is 12.7. The number of rotatable bonds is 3. The maximum Gasteiger partial charge on any atom is 0.290 e. The van der Waals surface area contributed by atoms with Gasteiger partial charge in [-0.2, -0.15) is 0 Å². The Kier molecular flexibility index (Phi) is 5.24. The van der Waals surface area contributed by atoms with Crippen LogP contribution >= 0.6 is 0 Å². The van der Waals surface area contributed by atoms with Crippen LogP contribution < -0.4 is 5.32 Å². The monoisotopic (exact) mass is 360 g/mol. The van der Waals surface area contributed by atoms with Gasteiger partial charge < -0.3 is 19.5 Å². The van der Waals surface area contributed by atoms with Gasteiger partial charge in [-0.15, -0.1) is 0 Å². The van der Waals surface area contributed by atoms with Crippen molar-refractivity contribution in [3.63, 3.8) is 0 Å². The fourth-order valence-electron chi connectivity index (χ4n) is 4.30. The average molecular weight is 360 g/mol. The van der Waals surface area contributed by atoms with Gasteiger partial charge in [0.15, 0.2) is 5.82 Å². The van der Waals surface area contributed by atoms with Gasteiger partial charge in [-0.25, -0.2) is 4.98 Å². The number of fused-ring (bicyclic) bond motifs is 1. The van der Waals surface area contributed by atoms with Crippen molar-refractivity contribution in [2.75, 3.05) is 26.3 Å². The molecule has 7 heteroatoms. The quantitative estimate of drug-likeness (QED) is 0.891. The molecular formula is C19H28N4O3. The lowest BCUT2D eigenvalue weighted by Crippen LogP contribution is -2.42.